The van der Waals surface area contributed by atoms with Crippen LogP contribution in [0.3, 0.4) is 0 Å². The van der Waals surface area contributed by atoms with E-state index in [1.165, 1.54) is 0 Å². The summed E-state index contributed by atoms with van der Waals surface area (Å²) in [7, 11) is 3.36. The summed E-state index contributed by atoms with van der Waals surface area (Å²) in [4.78, 5) is 24.3. The molecular formula is C4H13NNaO4P. The zero-order valence-electron chi connectivity index (χ0n) is 7.57. The van der Waals surface area contributed by atoms with E-state index in [1.807, 2.05) is 0 Å². The first kappa shape index (κ1) is 18.0. The summed E-state index contributed by atoms with van der Waals surface area (Å²) in [6.45, 7) is 0. The monoisotopic (exact) mass is 193 g/mol. The van der Waals surface area contributed by atoms with Gasteiger partial charge in [0.25, 0.3) is 0 Å². The van der Waals surface area contributed by atoms with Crippen molar-refractivity contribution in [2.75, 3.05) is 28.2 Å². The van der Waals surface area contributed by atoms with Crippen molar-refractivity contribution in [1.29, 1.82) is 0 Å². The van der Waals surface area contributed by atoms with E-state index in [9.17, 15) is 0 Å². The molecule has 0 aliphatic heterocycles. The maximum Gasteiger partial charge on any atom is 1.00 e. The van der Waals surface area contributed by atoms with Crippen LogP contribution in [-0.2, 0) is 4.57 Å². The Hall–Kier alpha value is 1.07. The smallest absolute Gasteiger partial charge is 0.790 e. The van der Waals surface area contributed by atoms with Gasteiger partial charge in [-0.1, -0.05) is 0 Å². The number of quaternary nitrogens is 1. The second kappa shape index (κ2) is 6.57. The molecule has 7 heteroatoms. The second-order valence-corrected chi connectivity index (χ2v) is 4.09. The molecule has 64 valence electrons. The summed E-state index contributed by atoms with van der Waals surface area (Å²) < 4.78 is 9.66. The fourth-order valence-corrected chi connectivity index (χ4v) is 0. The predicted octanol–water partition coefficient (Wildman–Crippen LogP) is -4.87. The SMILES string of the molecule is C[N+](C)(C)C.O=P([O-])([O-])O.[Na+]. The van der Waals surface area contributed by atoms with Gasteiger partial charge < -0.3 is 23.7 Å². The number of hydrogen-bond acceptors (Lipinski definition) is 3. The van der Waals surface area contributed by atoms with Crippen LogP contribution in [-0.4, -0.2) is 37.6 Å². The van der Waals surface area contributed by atoms with E-state index in [0.717, 1.165) is 4.48 Å². The fraction of sp³-hybridized carbons (Fsp3) is 1.00. The van der Waals surface area contributed by atoms with E-state index < -0.39 is 7.82 Å². The minimum Gasteiger partial charge on any atom is -0.790 e. The Morgan fingerprint density at radius 1 is 1.18 bits per heavy atom. The molecule has 5 nitrogen and oxygen atoms in total. The molecule has 0 rings (SSSR count). The van der Waals surface area contributed by atoms with Crippen LogP contribution in [0, 0.1) is 0 Å². The van der Waals surface area contributed by atoms with Gasteiger partial charge in [0.15, 0.2) is 0 Å². The first-order valence-corrected chi connectivity index (χ1v) is 4.03. The van der Waals surface area contributed by atoms with Gasteiger partial charge >= 0.3 is 29.6 Å². The summed E-state index contributed by atoms with van der Waals surface area (Å²) >= 11 is 0. The van der Waals surface area contributed by atoms with Gasteiger partial charge in [-0.05, 0) is 0 Å². The largest absolute Gasteiger partial charge is 1.00 e. The van der Waals surface area contributed by atoms with Crippen LogP contribution in [0.5, 0.6) is 0 Å². The zero-order valence-corrected chi connectivity index (χ0v) is 10.5. The van der Waals surface area contributed by atoms with Gasteiger partial charge in [-0.2, -0.15) is 0 Å². The molecule has 0 atom stereocenters. The van der Waals surface area contributed by atoms with E-state index in [4.69, 9.17) is 19.2 Å². The molecule has 0 amide bonds. The zero-order chi connectivity index (χ0) is 9.00. The molecule has 0 aromatic rings. The molecule has 0 saturated heterocycles. The third-order valence-corrected chi connectivity index (χ3v) is 0. The van der Waals surface area contributed by atoms with Gasteiger partial charge in [0.2, 0.25) is 0 Å². The maximum absolute atomic E-state index is 8.66. The summed E-state index contributed by atoms with van der Waals surface area (Å²) in [5.41, 5.74) is 0. The molecule has 1 N–H and O–H groups in total. The Kier molecular flexibility index (Phi) is 10.7. The van der Waals surface area contributed by atoms with Crippen LogP contribution in [0.15, 0.2) is 0 Å². The molecule has 0 spiro atoms. The molecule has 0 fully saturated rings. The van der Waals surface area contributed by atoms with E-state index in [1.54, 1.807) is 0 Å². The molecule has 0 bridgehead atoms. The molecule has 0 heterocycles. The van der Waals surface area contributed by atoms with E-state index >= 15 is 0 Å². The van der Waals surface area contributed by atoms with Crippen LogP contribution in [0.1, 0.15) is 0 Å². The van der Waals surface area contributed by atoms with Crippen molar-refractivity contribution in [2.24, 2.45) is 0 Å². The fourth-order valence-electron chi connectivity index (χ4n) is 0. The third-order valence-electron chi connectivity index (χ3n) is 0. The third kappa shape index (κ3) is 795. The van der Waals surface area contributed by atoms with Gasteiger partial charge in [-0.25, -0.2) is 0 Å². The normalized spacial score (nSPS) is 10.8. The van der Waals surface area contributed by atoms with Crippen molar-refractivity contribution in [3.63, 3.8) is 0 Å². The Labute approximate surface area is 89.2 Å². The van der Waals surface area contributed by atoms with Crippen LogP contribution < -0.4 is 39.3 Å². The molecular weight excluding hydrogens is 180 g/mol. The van der Waals surface area contributed by atoms with Crippen LogP contribution in [0.2, 0.25) is 0 Å². The van der Waals surface area contributed by atoms with Crippen molar-refractivity contribution < 1.29 is 53.3 Å². The average molecular weight is 193 g/mol. The molecule has 0 radical (unpaired) electrons. The van der Waals surface area contributed by atoms with Crippen molar-refractivity contribution in [2.45, 2.75) is 0 Å². The Balaban J connectivity index is -0.000000107. The van der Waals surface area contributed by atoms with Crippen LogP contribution in [0.4, 0.5) is 0 Å². The quantitative estimate of drug-likeness (QED) is 0.237. The molecule has 0 aromatic heterocycles. The number of hydrogen-bond donors (Lipinski definition) is 1. The van der Waals surface area contributed by atoms with E-state index in [0.29, 0.717) is 0 Å². The molecule has 0 aliphatic carbocycles. The topological polar surface area (TPSA) is 83.4 Å². The molecule has 0 unspecified atom stereocenters. The summed E-state index contributed by atoms with van der Waals surface area (Å²) in [6, 6.07) is 0. The summed E-state index contributed by atoms with van der Waals surface area (Å²) in [6.07, 6.45) is 0. The van der Waals surface area contributed by atoms with Crippen molar-refractivity contribution in [3.8, 4) is 0 Å². The average Bonchev–Trinajstić information content (AvgIpc) is 1.12. The van der Waals surface area contributed by atoms with Crippen LogP contribution >= 0.6 is 7.82 Å². The van der Waals surface area contributed by atoms with Gasteiger partial charge in [-0.15, -0.1) is 0 Å². The van der Waals surface area contributed by atoms with Crippen molar-refractivity contribution in [3.05, 3.63) is 0 Å². The van der Waals surface area contributed by atoms with Gasteiger partial charge in [0.05, 0.1) is 36.0 Å². The van der Waals surface area contributed by atoms with E-state index in [2.05, 4.69) is 28.2 Å². The minimum absolute atomic E-state index is 0. The van der Waals surface area contributed by atoms with Gasteiger partial charge in [-0.3, -0.25) is 0 Å². The first-order chi connectivity index (χ1) is 4.00. The molecule has 0 saturated carbocycles. The van der Waals surface area contributed by atoms with Crippen molar-refractivity contribution in [1.82, 2.24) is 0 Å². The molecule has 0 aromatic carbocycles. The van der Waals surface area contributed by atoms with Crippen molar-refractivity contribution >= 4 is 7.82 Å². The molecule has 0 aliphatic rings. The Morgan fingerprint density at radius 3 is 1.18 bits per heavy atom. The number of rotatable bonds is 0. The Bertz CT molecular complexity index is 114. The minimum atomic E-state index is -5.14. The number of phosphoric acid groups is 1. The van der Waals surface area contributed by atoms with Gasteiger partial charge in [0.1, 0.15) is 0 Å². The summed E-state index contributed by atoms with van der Waals surface area (Å²) in [5, 5.41) is 0. The number of nitrogens with zero attached hydrogens (tertiary/aromatic N) is 1. The second-order valence-electron chi connectivity index (χ2n) is 3.15. The maximum atomic E-state index is 8.66. The first-order valence-electron chi connectivity index (χ1n) is 2.54. The standard InChI is InChI=1S/C4H12N.Na.H3O4P/c1-5(2,3)4;;1-5(2,3)4/h1-4H3;;(H3,1,2,3,4)/q2*+1;/p-2. The van der Waals surface area contributed by atoms with Crippen LogP contribution in [0.25, 0.3) is 0 Å². The Morgan fingerprint density at radius 2 is 1.18 bits per heavy atom. The van der Waals surface area contributed by atoms with E-state index in [-0.39, 0.29) is 29.6 Å². The summed E-state index contributed by atoms with van der Waals surface area (Å²) in [5.74, 6) is 0. The molecule has 11 heavy (non-hydrogen) atoms. The van der Waals surface area contributed by atoms with Gasteiger partial charge in [0, 0.05) is 0 Å². The predicted molar refractivity (Wildman–Crippen MR) is 33.8 cm³/mol.